The van der Waals surface area contributed by atoms with Crippen molar-refractivity contribution < 1.29 is 22.8 Å². The Morgan fingerprint density at radius 3 is 2.41 bits per heavy atom. The highest BCUT2D eigenvalue weighted by molar-refractivity contribution is 5.82. The van der Waals surface area contributed by atoms with Gasteiger partial charge in [-0.15, -0.1) is 0 Å². The molecule has 3 aliphatic rings. The maximum Gasteiger partial charge on any atom is 0.416 e. The Kier molecular flexibility index (Phi) is 5.87. The van der Waals surface area contributed by atoms with Crippen molar-refractivity contribution in [2.45, 2.75) is 44.4 Å². The van der Waals surface area contributed by atoms with Crippen molar-refractivity contribution in [1.82, 2.24) is 15.1 Å². The molecule has 2 fully saturated rings. The molecule has 2 heterocycles. The second kappa shape index (κ2) is 8.85. The second-order valence-electron chi connectivity index (χ2n) is 9.31. The number of benzene rings is 2. The van der Waals surface area contributed by atoms with Crippen molar-refractivity contribution in [2.75, 3.05) is 25.0 Å². The average Bonchev–Trinajstić information content (AvgIpc) is 3.49. The summed E-state index contributed by atoms with van der Waals surface area (Å²) in [6.07, 6.45) is -0.966. The minimum absolute atomic E-state index is 0.0687. The van der Waals surface area contributed by atoms with Gasteiger partial charge < -0.3 is 20.4 Å². The second-order valence-corrected chi connectivity index (χ2v) is 9.31. The number of urea groups is 1. The highest BCUT2D eigenvalue weighted by Gasteiger charge is 2.36. The van der Waals surface area contributed by atoms with Crippen LogP contribution in [-0.4, -0.2) is 47.4 Å². The van der Waals surface area contributed by atoms with Crippen LogP contribution in [0.1, 0.15) is 36.0 Å². The lowest BCUT2D eigenvalue weighted by Gasteiger charge is -2.32. The van der Waals surface area contributed by atoms with Crippen LogP contribution in [0.15, 0.2) is 42.5 Å². The van der Waals surface area contributed by atoms with Crippen molar-refractivity contribution in [3.63, 3.8) is 0 Å². The molecule has 6 nitrogen and oxygen atoms in total. The minimum atomic E-state index is -4.36. The summed E-state index contributed by atoms with van der Waals surface area (Å²) < 4.78 is 38.5. The van der Waals surface area contributed by atoms with Gasteiger partial charge in [0.25, 0.3) is 0 Å². The van der Waals surface area contributed by atoms with Crippen LogP contribution in [0.25, 0.3) is 0 Å². The molecule has 0 aromatic heterocycles. The molecule has 9 heteroatoms. The predicted molar refractivity (Wildman–Crippen MR) is 122 cm³/mol. The van der Waals surface area contributed by atoms with Gasteiger partial charge in [0, 0.05) is 43.6 Å². The third kappa shape index (κ3) is 4.83. The van der Waals surface area contributed by atoms with Crippen molar-refractivity contribution >= 4 is 23.3 Å². The van der Waals surface area contributed by atoms with E-state index in [2.05, 4.69) is 10.6 Å². The lowest BCUT2D eigenvalue weighted by Crippen LogP contribution is -2.43. The molecular weight excluding hydrogens is 445 g/mol. The summed E-state index contributed by atoms with van der Waals surface area (Å²) in [6, 6.07) is 11.0. The van der Waals surface area contributed by atoms with Gasteiger partial charge in [0.2, 0.25) is 5.91 Å². The van der Waals surface area contributed by atoms with Gasteiger partial charge in [-0.3, -0.25) is 4.79 Å². The van der Waals surface area contributed by atoms with Crippen molar-refractivity contribution in [2.24, 2.45) is 5.92 Å². The van der Waals surface area contributed by atoms with Crippen molar-refractivity contribution in [3.05, 3.63) is 59.2 Å². The van der Waals surface area contributed by atoms with Crippen LogP contribution in [0.5, 0.6) is 0 Å². The van der Waals surface area contributed by atoms with Gasteiger partial charge in [-0.1, -0.05) is 12.1 Å². The zero-order valence-corrected chi connectivity index (χ0v) is 18.7. The zero-order valence-electron chi connectivity index (χ0n) is 18.7. The Balaban J connectivity index is 1.22. The third-order valence-electron chi connectivity index (χ3n) is 6.80. The number of halogens is 3. The van der Waals surface area contributed by atoms with Gasteiger partial charge in [-0.05, 0) is 67.1 Å². The number of anilines is 2. The summed E-state index contributed by atoms with van der Waals surface area (Å²) in [5.41, 5.74) is 2.84. The first kappa shape index (κ1) is 22.6. The number of hydrogen-bond acceptors (Lipinski definition) is 3. The molecular formula is C25H27F3N4O2. The fourth-order valence-electron chi connectivity index (χ4n) is 4.71. The molecule has 1 atom stereocenters. The first-order valence-electron chi connectivity index (χ1n) is 11.7. The molecule has 0 spiro atoms. The Hall–Kier alpha value is -3.23. The molecule has 1 unspecified atom stereocenters. The van der Waals surface area contributed by atoms with Gasteiger partial charge in [0.05, 0.1) is 11.5 Å². The molecule has 34 heavy (non-hydrogen) atoms. The Morgan fingerprint density at radius 2 is 1.71 bits per heavy atom. The molecule has 1 saturated carbocycles. The van der Waals surface area contributed by atoms with Gasteiger partial charge in [-0.2, -0.15) is 13.2 Å². The van der Waals surface area contributed by atoms with Crippen molar-refractivity contribution in [1.29, 1.82) is 0 Å². The summed E-state index contributed by atoms with van der Waals surface area (Å²) in [5.74, 6) is -0.103. The highest BCUT2D eigenvalue weighted by atomic mass is 19.4. The van der Waals surface area contributed by atoms with E-state index in [1.54, 1.807) is 4.90 Å². The van der Waals surface area contributed by atoms with E-state index in [1.165, 1.54) is 12.1 Å². The lowest BCUT2D eigenvalue weighted by molar-refractivity contribution is -0.137. The summed E-state index contributed by atoms with van der Waals surface area (Å²) in [5, 5.41) is 6.21. The third-order valence-corrected chi connectivity index (χ3v) is 6.80. The van der Waals surface area contributed by atoms with Crippen molar-refractivity contribution in [3.8, 4) is 0 Å². The molecule has 1 saturated heterocycles. The van der Waals surface area contributed by atoms with Crippen LogP contribution in [-0.2, 0) is 23.9 Å². The first-order chi connectivity index (χ1) is 16.3. The summed E-state index contributed by atoms with van der Waals surface area (Å²) in [4.78, 5) is 29.0. The van der Waals surface area contributed by atoms with E-state index in [0.717, 1.165) is 41.8 Å². The standard InChI is InChI=1S/C25H27F3N4O2/c26-25(27,28)18-4-6-19(7-5-18)29-22-3-1-2-16-14-31(13-11-21(16)22)23(33)17-10-12-32(15-17)24(34)30-20-8-9-20/h1-7,17,20,29H,8-15H2,(H,30,34). The van der Waals surface area contributed by atoms with E-state index in [0.29, 0.717) is 50.7 Å². The SMILES string of the molecule is O=C(NC1CC1)N1CCC(C(=O)N2CCc3c(cccc3Nc3ccc(C(F)(F)F)cc3)C2)C1. The molecule has 2 aliphatic heterocycles. The molecule has 180 valence electrons. The first-order valence-corrected chi connectivity index (χ1v) is 11.7. The van der Waals surface area contributed by atoms with Gasteiger partial charge >= 0.3 is 12.2 Å². The number of carbonyl (C=O) groups is 2. The number of hydrogen-bond donors (Lipinski definition) is 2. The maximum atomic E-state index is 13.2. The van der Waals surface area contributed by atoms with Gasteiger partial charge in [-0.25, -0.2) is 4.79 Å². The van der Waals surface area contributed by atoms with Crippen LogP contribution < -0.4 is 10.6 Å². The number of alkyl halides is 3. The zero-order chi connectivity index (χ0) is 23.9. The Bertz CT molecular complexity index is 1080. The summed E-state index contributed by atoms with van der Waals surface area (Å²) >= 11 is 0. The molecule has 2 N–H and O–H groups in total. The lowest BCUT2D eigenvalue weighted by atomic mass is 9.96. The largest absolute Gasteiger partial charge is 0.416 e. The number of fused-ring (bicyclic) bond motifs is 1. The smallest absolute Gasteiger partial charge is 0.355 e. The van der Waals surface area contributed by atoms with Gasteiger partial charge in [0.1, 0.15) is 0 Å². The molecule has 3 amide bonds. The number of nitrogens with one attached hydrogen (secondary N) is 2. The summed E-state index contributed by atoms with van der Waals surface area (Å²) in [7, 11) is 0. The number of rotatable bonds is 4. The van der Waals surface area contributed by atoms with E-state index in [-0.39, 0.29) is 17.9 Å². The predicted octanol–water partition coefficient (Wildman–Crippen LogP) is 4.53. The van der Waals surface area contributed by atoms with Crippen LogP contribution in [0.3, 0.4) is 0 Å². The van der Waals surface area contributed by atoms with E-state index in [1.807, 2.05) is 23.1 Å². The molecule has 2 aromatic carbocycles. The number of nitrogens with zero attached hydrogens (tertiary/aromatic N) is 2. The van der Waals surface area contributed by atoms with E-state index in [9.17, 15) is 22.8 Å². The molecule has 5 rings (SSSR count). The van der Waals surface area contributed by atoms with Crippen LogP contribution >= 0.6 is 0 Å². The summed E-state index contributed by atoms with van der Waals surface area (Å²) in [6.45, 7) is 2.11. The molecule has 0 radical (unpaired) electrons. The minimum Gasteiger partial charge on any atom is -0.355 e. The Morgan fingerprint density at radius 1 is 0.941 bits per heavy atom. The van der Waals surface area contributed by atoms with E-state index >= 15 is 0 Å². The fraction of sp³-hybridized carbons (Fsp3) is 0.440. The average molecular weight is 473 g/mol. The number of likely N-dealkylation sites (tertiary alicyclic amines) is 1. The normalized spacial score (nSPS) is 20.1. The van der Waals surface area contributed by atoms with Crippen LogP contribution in [0.4, 0.5) is 29.3 Å². The van der Waals surface area contributed by atoms with Crippen LogP contribution in [0, 0.1) is 5.92 Å². The fourth-order valence-corrected chi connectivity index (χ4v) is 4.71. The topological polar surface area (TPSA) is 64.7 Å². The number of carbonyl (C=O) groups excluding carboxylic acids is 2. The van der Waals surface area contributed by atoms with Gasteiger partial charge in [0.15, 0.2) is 0 Å². The quantitative estimate of drug-likeness (QED) is 0.688. The molecule has 0 bridgehead atoms. The van der Waals surface area contributed by atoms with E-state index < -0.39 is 11.7 Å². The Labute approximate surface area is 196 Å². The molecule has 1 aliphatic carbocycles. The monoisotopic (exact) mass is 472 g/mol. The number of amides is 3. The molecule has 2 aromatic rings. The van der Waals surface area contributed by atoms with E-state index in [4.69, 9.17) is 0 Å². The maximum absolute atomic E-state index is 13.2. The van der Waals surface area contributed by atoms with Crippen LogP contribution in [0.2, 0.25) is 0 Å². The highest BCUT2D eigenvalue weighted by Crippen LogP contribution is 2.33.